The summed E-state index contributed by atoms with van der Waals surface area (Å²) in [6.07, 6.45) is 0. The Balaban J connectivity index is 3.02. The molecule has 2 nitrogen and oxygen atoms in total. The number of benzene rings is 1. The highest BCUT2D eigenvalue weighted by molar-refractivity contribution is 6.32. The molecule has 92 valence electrons. The average molecular weight is 251 g/mol. The lowest BCUT2D eigenvalue weighted by atomic mass is 9.87. The van der Waals surface area contributed by atoms with Gasteiger partial charge in [-0.05, 0) is 30.5 Å². The molecule has 0 aliphatic carbocycles. The molecule has 1 unspecified atom stereocenters. The topological polar surface area (TPSA) is 27.0 Å². The van der Waals surface area contributed by atoms with Crippen molar-refractivity contribution in [3.05, 3.63) is 28.8 Å². The molecule has 0 bridgehead atoms. The van der Waals surface area contributed by atoms with Gasteiger partial charge >= 0.3 is 0 Å². The molecule has 0 aliphatic rings. The first-order valence-corrected chi connectivity index (χ1v) is 6.07. The fraction of sp³-hybridized carbons (Fsp3) is 0.500. The number of hydrogen-bond acceptors (Lipinski definition) is 2. The van der Waals surface area contributed by atoms with Gasteiger partial charge in [-0.25, -0.2) is 0 Å². The third-order valence-corrected chi connectivity index (χ3v) is 3.63. The van der Waals surface area contributed by atoms with Gasteiger partial charge in [-0.1, -0.05) is 32.4 Å². The molecule has 0 saturated carbocycles. The Labute approximate surface area is 109 Å². The standard InChI is InChI=1S/C14H19ClN2/c1-10(14(2,3)4)17(5)12-7-6-11(9-16)13(15)8-12/h6-8,10H,1-5H3. The SMILES string of the molecule is CC(N(C)c1ccc(C#N)c(Cl)c1)C(C)(C)C. The van der Waals surface area contributed by atoms with Crippen molar-refractivity contribution < 1.29 is 0 Å². The first-order chi connectivity index (χ1) is 7.77. The quantitative estimate of drug-likeness (QED) is 0.791. The molecule has 0 N–H and O–H groups in total. The van der Waals surface area contributed by atoms with Crippen molar-refractivity contribution >= 4 is 17.3 Å². The third-order valence-electron chi connectivity index (χ3n) is 3.31. The van der Waals surface area contributed by atoms with Gasteiger partial charge in [-0.3, -0.25) is 0 Å². The molecule has 1 aromatic rings. The summed E-state index contributed by atoms with van der Waals surface area (Å²) in [4.78, 5) is 2.19. The van der Waals surface area contributed by atoms with Crippen molar-refractivity contribution in [1.29, 1.82) is 5.26 Å². The van der Waals surface area contributed by atoms with Crippen LogP contribution < -0.4 is 4.90 Å². The first-order valence-electron chi connectivity index (χ1n) is 5.70. The van der Waals surface area contributed by atoms with Gasteiger partial charge < -0.3 is 4.90 Å². The summed E-state index contributed by atoms with van der Waals surface area (Å²) in [6, 6.07) is 8.01. The Morgan fingerprint density at radius 1 is 1.35 bits per heavy atom. The van der Waals surface area contributed by atoms with Crippen LogP contribution in [0.1, 0.15) is 33.3 Å². The Morgan fingerprint density at radius 3 is 2.35 bits per heavy atom. The fourth-order valence-electron chi connectivity index (χ4n) is 1.62. The Morgan fingerprint density at radius 2 is 1.94 bits per heavy atom. The van der Waals surface area contributed by atoms with Crippen LogP contribution in [0.15, 0.2) is 18.2 Å². The maximum atomic E-state index is 8.84. The van der Waals surface area contributed by atoms with Crippen molar-refractivity contribution in [3.8, 4) is 6.07 Å². The van der Waals surface area contributed by atoms with Crippen LogP contribution >= 0.6 is 11.6 Å². The fourth-order valence-corrected chi connectivity index (χ4v) is 1.84. The summed E-state index contributed by atoms with van der Waals surface area (Å²) in [7, 11) is 2.05. The van der Waals surface area contributed by atoms with Gasteiger partial charge in [0.2, 0.25) is 0 Å². The van der Waals surface area contributed by atoms with Crippen LogP contribution in [-0.2, 0) is 0 Å². The first kappa shape index (κ1) is 13.9. The van der Waals surface area contributed by atoms with Gasteiger partial charge in [-0.2, -0.15) is 5.26 Å². The molecule has 0 amide bonds. The number of nitrogens with zero attached hydrogens (tertiary/aromatic N) is 2. The minimum Gasteiger partial charge on any atom is -0.371 e. The minimum absolute atomic E-state index is 0.190. The van der Waals surface area contributed by atoms with Crippen molar-refractivity contribution in [1.82, 2.24) is 0 Å². The third kappa shape index (κ3) is 3.14. The molecule has 17 heavy (non-hydrogen) atoms. The zero-order chi connectivity index (χ0) is 13.2. The van der Waals surface area contributed by atoms with Gasteiger partial charge in [0.25, 0.3) is 0 Å². The average Bonchev–Trinajstić information content (AvgIpc) is 2.25. The lowest BCUT2D eigenvalue weighted by molar-refractivity contribution is 0.330. The summed E-state index contributed by atoms with van der Waals surface area (Å²) in [5, 5.41) is 9.35. The van der Waals surface area contributed by atoms with Crippen molar-refractivity contribution in [3.63, 3.8) is 0 Å². The molecule has 0 fully saturated rings. The van der Waals surface area contributed by atoms with E-state index >= 15 is 0 Å². The van der Waals surface area contributed by atoms with Gasteiger partial charge in [0.1, 0.15) is 6.07 Å². The van der Waals surface area contributed by atoms with E-state index in [0.29, 0.717) is 16.6 Å². The molecule has 1 aromatic carbocycles. The van der Waals surface area contributed by atoms with Crippen LogP contribution in [-0.4, -0.2) is 13.1 Å². The lowest BCUT2D eigenvalue weighted by Crippen LogP contribution is -2.39. The van der Waals surface area contributed by atoms with Crippen molar-refractivity contribution in [2.75, 3.05) is 11.9 Å². The van der Waals surface area contributed by atoms with E-state index in [2.05, 4.69) is 38.7 Å². The molecule has 0 radical (unpaired) electrons. The van der Waals surface area contributed by atoms with Gasteiger partial charge in [-0.15, -0.1) is 0 Å². The maximum absolute atomic E-state index is 8.84. The second-order valence-electron chi connectivity index (χ2n) is 5.43. The van der Waals surface area contributed by atoms with E-state index in [4.69, 9.17) is 16.9 Å². The van der Waals surface area contributed by atoms with Crippen LogP contribution in [0, 0.1) is 16.7 Å². The van der Waals surface area contributed by atoms with E-state index in [1.54, 1.807) is 6.07 Å². The predicted octanol–water partition coefficient (Wildman–Crippen LogP) is 4.08. The van der Waals surface area contributed by atoms with Gasteiger partial charge in [0.05, 0.1) is 10.6 Å². The molecule has 0 spiro atoms. The Hall–Kier alpha value is -1.20. The van der Waals surface area contributed by atoms with Crippen LogP contribution in [0.3, 0.4) is 0 Å². The van der Waals surface area contributed by atoms with Crippen molar-refractivity contribution in [2.45, 2.75) is 33.7 Å². The number of anilines is 1. The molecule has 1 atom stereocenters. The normalized spacial score (nSPS) is 13.0. The molecule has 3 heteroatoms. The maximum Gasteiger partial charge on any atom is 0.101 e. The van der Waals surface area contributed by atoms with E-state index in [0.717, 1.165) is 5.69 Å². The van der Waals surface area contributed by atoms with E-state index < -0.39 is 0 Å². The molecule has 1 rings (SSSR count). The molecular formula is C14H19ClN2. The molecule has 0 heterocycles. The summed E-state index contributed by atoms with van der Waals surface area (Å²) in [6.45, 7) is 8.81. The van der Waals surface area contributed by atoms with E-state index in [9.17, 15) is 0 Å². The molecule has 0 saturated heterocycles. The summed E-state index contributed by atoms with van der Waals surface area (Å²) in [5.41, 5.74) is 1.75. The van der Waals surface area contributed by atoms with E-state index in [-0.39, 0.29) is 5.41 Å². The molecular weight excluding hydrogens is 232 g/mol. The summed E-state index contributed by atoms with van der Waals surface area (Å²) in [5.74, 6) is 0. The monoisotopic (exact) mass is 250 g/mol. The Bertz CT molecular complexity index is 441. The zero-order valence-corrected chi connectivity index (χ0v) is 11.8. The van der Waals surface area contributed by atoms with Crippen molar-refractivity contribution in [2.24, 2.45) is 5.41 Å². The highest BCUT2D eigenvalue weighted by Gasteiger charge is 2.24. The highest BCUT2D eigenvalue weighted by Crippen LogP contribution is 2.29. The second kappa shape index (κ2) is 4.98. The number of halogens is 1. The van der Waals surface area contributed by atoms with Gasteiger partial charge in [0.15, 0.2) is 0 Å². The van der Waals surface area contributed by atoms with E-state index in [1.807, 2.05) is 19.2 Å². The number of nitriles is 1. The summed E-state index contributed by atoms with van der Waals surface area (Å²) >= 11 is 6.04. The largest absolute Gasteiger partial charge is 0.371 e. The summed E-state index contributed by atoms with van der Waals surface area (Å²) < 4.78 is 0. The second-order valence-corrected chi connectivity index (χ2v) is 5.84. The van der Waals surface area contributed by atoms with E-state index in [1.165, 1.54) is 0 Å². The van der Waals surface area contributed by atoms with Crippen LogP contribution in [0.4, 0.5) is 5.69 Å². The lowest BCUT2D eigenvalue weighted by Gasteiger charge is -2.37. The Kier molecular flexibility index (Phi) is 4.06. The minimum atomic E-state index is 0.190. The van der Waals surface area contributed by atoms with Crippen LogP contribution in [0.2, 0.25) is 5.02 Å². The molecule has 0 aromatic heterocycles. The van der Waals surface area contributed by atoms with Gasteiger partial charge in [0, 0.05) is 18.8 Å². The van der Waals surface area contributed by atoms with Crippen LogP contribution in [0.25, 0.3) is 0 Å². The smallest absolute Gasteiger partial charge is 0.101 e. The number of hydrogen-bond donors (Lipinski definition) is 0. The van der Waals surface area contributed by atoms with Crippen LogP contribution in [0.5, 0.6) is 0 Å². The number of rotatable bonds is 2. The predicted molar refractivity (Wildman–Crippen MR) is 73.5 cm³/mol. The molecule has 0 aliphatic heterocycles. The zero-order valence-electron chi connectivity index (χ0n) is 11.1. The highest BCUT2D eigenvalue weighted by atomic mass is 35.5.